The van der Waals surface area contributed by atoms with Gasteiger partial charge in [-0.25, -0.2) is 0 Å². The van der Waals surface area contributed by atoms with Crippen molar-refractivity contribution in [2.75, 3.05) is 20.7 Å². The number of nitrogens with one attached hydrogen (secondary N) is 1. The maximum absolute atomic E-state index is 5.19. The van der Waals surface area contributed by atoms with Crippen molar-refractivity contribution in [2.24, 2.45) is 0 Å². The summed E-state index contributed by atoms with van der Waals surface area (Å²) in [5.74, 6) is 0.906. The minimum absolute atomic E-state index is 0.906. The Bertz CT molecular complexity index is 331. The van der Waals surface area contributed by atoms with Crippen molar-refractivity contribution in [3.63, 3.8) is 0 Å². The van der Waals surface area contributed by atoms with Gasteiger partial charge in [-0.05, 0) is 31.2 Å². The normalized spacial score (nSPS) is 11.5. The first-order valence-corrected chi connectivity index (χ1v) is 5.28. The number of hydrogen-bond acceptors (Lipinski definition) is 2. The Morgan fingerprint density at radius 3 is 2.87 bits per heavy atom. The van der Waals surface area contributed by atoms with Crippen LogP contribution in [0.15, 0.2) is 29.8 Å². The van der Waals surface area contributed by atoms with Gasteiger partial charge in [0, 0.05) is 6.54 Å². The molecule has 82 valence electrons. The summed E-state index contributed by atoms with van der Waals surface area (Å²) in [6, 6.07) is 8.11. The summed E-state index contributed by atoms with van der Waals surface area (Å²) in [4.78, 5) is 0. The van der Waals surface area contributed by atoms with Gasteiger partial charge < -0.3 is 10.1 Å². The molecule has 0 aliphatic carbocycles. The Hall–Kier alpha value is -1.28. The number of hydrogen-bond donors (Lipinski definition) is 1. The predicted octanol–water partition coefficient (Wildman–Crippen LogP) is 2.71. The Labute approximate surface area is 92.0 Å². The fourth-order valence-corrected chi connectivity index (χ4v) is 1.47. The molecule has 0 saturated heterocycles. The molecule has 0 spiro atoms. The second-order valence-corrected chi connectivity index (χ2v) is 3.46. The Morgan fingerprint density at radius 1 is 1.47 bits per heavy atom. The molecular weight excluding hydrogens is 186 g/mol. The van der Waals surface area contributed by atoms with E-state index < -0.39 is 0 Å². The standard InChI is InChI=1S/C13H19NO/c1-4-11(10-14-2)8-12-6-5-7-13(9-12)15-3/h5-9,14H,4,10H2,1-3H3. The van der Waals surface area contributed by atoms with E-state index in [1.54, 1.807) is 7.11 Å². The summed E-state index contributed by atoms with van der Waals surface area (Å²) in [6.45, 7) is 3.11. The molecule has 2 heteroatoms. The topological polar surface area (TPSA) is 21.3 Å². The van der Waals surface area contributed by atoms with Crippen molar-refractivity contribution in [1.82, 2.24) is 5.32 Å². The molecule has 0 aromatic heterocycles. The van der Waals surface area contributed by atoms with Gasteiger partial charge in [0.2, 0.25) is 0 Å². The zero-order chi connectivity index (χ0) is 11.1. The predicted molar refractivity (Wildman–Crippen MR) is 65.2 cm³/mol. The SMILES string of the molecule is CCC(=Cc1cccc(OC)c1)CNC. The number of rotatable bonds is 5. The molecule has 1 N–H and O–H groups in total. The third-order valence-electron chi connectivity index (χ3n) is 2.32. The van der Waals surface area contributed by atoms with Crippen LogP contribution >= 0.6 is 0 Å². The van der Waals surface area contributed by atoms with Gasteiger partial charge in [0.25, 0.3) is 0 Å². The quantitative estimate of drug-likeness (QED) is 0.798. The van der Waals surface area contributed by atoms with Gasteiger partial charge in [0.05, 0.1) is 7.11 Å². The average Bonchev–Trinajstić information content (AvgIpc) is 2.29. The molecule has 0 unspecified atom stereocenters. The molecule has 0 aliphatic rings. The smallest absolute Gasteiger partial charge is 0.119 e. The first-order chi connectivity index (χ1) is 7.30. The van der Waals surface area contributed by atoms with Crippen molar-refractivity contribution in [3.05, 3.63) is 35.4 Å². The molecule has 0 bridgehead atoms. The largest absolute Gasteiger partial charge is 0.497 e. The average molecular weight is 205 g/mol. The minimum atomic E-state index is 0.906. The third kappa shape index (κ3) is 3.76. The van der Waals surface area contributed by atoms with Gasteiger partial charge in [-0.15, -0.1) is 0 Å². The van der Waals surface area contributed by atoms with Crippen molar-refractivity contribution in [2.45, 2.75) is 13.3 Å². The van der Waals surface area contributed by atoms with E-state index in [0.29, 0.717) is 0 Å². The molecule has 1 aromatic carbocycles. The van der Waals surface area contributed by atoms with Gasteiger partial charge in [0.1, 0.15) is 5.75 Å². The molecule has 0 aliphatic heterocycles. The molecule has 0 heterocycles. The summed E-state index contributed by atoms with van der Waals surface area (Å²) in [5, 5.41) is 3.17. The lowest BCUT2D eigenvalue weighted by atomic mass is 10.1. The fraction of sp³-hybridized carbons (Fsp3) is 0.385. The van der Waals surface area contributed by atoms with E-state index in [1.165, 1.54) is 11.1 Å². The summed E-state index contributed by atoms with van der Waals surface area (Å²) in [5.41, 5.74) is 2.59. The van der Waals surface area contributed by atoms with Gasteiger partial charge in [-0.3, -0.25) is 0 Å². The van der Waals surface area contributed by atoms with E-state index in [-0.39, 0.29) is 0 Å². The summed E-state index contributed by atoms with van der Waals surface area (Å²) < 4.78 is 5.19. The van der Waals surface area contributed by atoms with Crippen LogP contribution < -0.4 is 10.1 Å². The minimum Gasteiger partial charge on any atom is -0.497 e. The molecule has 1 aromatic rings. The van der Waals surface area contributed by atoms with Gasteiger partial charge >= 0.3 is 0 Å². The molecule has 0 amide bonds. The third-order valence-corrected chi connectivity index (χ3v) is 2.32. The van der Waals surface area contributed by atoms with E-state index in [4.69, 9.17) is 4.74 Å². The zero-order valence-electron chi connectivity index (χ0n) is 9.71. The highest BCUT2D eigenvalue weighted by molar-refractivity contribution is 5.55. The molecule has 1 rings (SSSR count). The van der Waals surface area contributed by atoms with Crippen LogP contribution in [0, 0.1) is 0 Å². The summed E-state index contributed by atoms with van der Waals surface area (Å²) in [7, 11) is 3.66. The van der Waals surface area contributed by atoms with Crippen LogP contribution in [0.1, 0.15) is 18.9 Å². The van der Waals surface area contributed by atoms with Crippen LogP contribution in [-0.4, -0.2) is 20.7 Å². The lowest BCUT2D eigenvalue weighted by molar-refractivity contribution is 0.414. The fourth-order valence-electron chi connectivity index (χ4n) is 1.47. The van der Waals surface area contributed by atoms with Gasteiger partial charge in [-0.2, -0.15) is 0 Å². The second-order valence-electron chi connectivity index (χ2n) is 3.46. The maximum Gasteiger partial charge on any atom is 0.119 e. The summed E-state index contributed by atoms with van der Waals surface area (Å²) in [6.07, 6.45) is 3.27. The monoisotopic (exact) mass is 205 g/mol. The zero-order valence-corrected chi connectivity index (χ0v) is 9.71. The number of methoxy groups -OCH3 is 1. The van der Waals surface area contributed by atoms with Crippen LogP contribution in [0.5, 0.6) is 5.75 Å². The molecule has 15 heavy (non-hydrogen) atoms. The molecule has 2 nitrogen and oxygen atoms in total. The Balaban J connectivity index is 2.85. The number of ether oxygens (including phenoxy) is 1. The van der Waals surface area contributed by atoms with E-state index in [9.17, 15) is 0 Å². The van der Waals surface area contributed by atoms with E-state index >= 15 is 0 Å². The number of likely N-dealkylation sites (N-methyl/N-ethyl adjacent to an activating group) is 1. The summed E-state index contributed by atoms with van der Waals surface area (Å²) >= 11 is 0. The highest BCUT2D eigenvalue weighted by Crippen LogP contribution is 2.16. The van der Waals surface area contributed by atoms with Crippen LogP contribution in [0.25, 0.3) is 6.08 Å². The molecular formula is C13H19NO. The molecule has 0 saturated carbocycles. The van der Waals surface area contributed by atoms with Crippen LogP contribution in [-0.2, 0) is 0 Å². The first kappa shape index (κ1) is 11.8. The highest BCUT2D eigenvalue weighted by Gasteiger charge is 1.95. The molecule has 0 atom stereocenters. The van der Waals surface area contributed by atoms with E-state index in [1.807, 2.05) is 25.2 Å². The number of benzene rings is 1. The first-order valence-electron chi connectivity index (χ1n) is 5.28. The van der Waals surface area contributed by atoms with Crippen molar-refractivity contribution < 1.29 is 4.74 Å². The highest BCUT2D eigenvalue weighted by atomic mass is 16.5. The Kier molecular flexibility index (Phi) is 4.91. The Morgan fingerprint density at radius 2 is 2.27 bits per heavy atom. The van der Waals surface area contributed by atoms with Crippen molar-refractivity contribution in [3.8, 4) is 5.75 Å². The van der Waals surface area contributed by atoms with Crippen LogP contribution in [0.4, 0.5) is 0 Å². The van der Waals surface area contributed by atoms with Gasteiger partial charge in [0.15, 0.2) is 0 Å². The molecule has 0 fully saturated rings. The lowest BCUT2D eigenvalue weighted by Crippen LogP contribution is -2.09. The van der Waals surface area contributed by atoms with Crippen molar-refractivity contribution in [1.29, 1.82) is 0 Å². The van der Waals surface area contributed by atoms with Gasteiger partial charge in [-0.1, -0.05) is 30.7 Å². The van der Waals surface area contributed by atoms with Crippen molar-refractivity contribution >= 4 is 6.08 Å². The van der Waals surface area contributed by atoms with Crippen LogP contribution in [0.3, 0.4) is 0 Å². The maximum atomic E-state index is 5.19. The van der Waals surface area contributed by atoms with E-state index in [2.05, 4.69) is 24.4 Å². The van der Waals surface area contributed by atoms with Crippen LogP contribution in [0.2, 0.25) is 0 Å². The second kappa shape index (κ2) is 6.25. The molecule has 0 radical (unpaired) electrons. The van der Waals surface area contributed by atoms with E-state index in [0.717, 1.165) is 18.7 Å². The lowest BCUT2D eigenvalue weighted by Gasteiger charge is -2.05.